The molecule has 0 radical (unpaired) electrons. The number of aryl methyl sites for hydroxylation is 1. The number of benzene rings is 2. The number of anilines is 1. The highest BCUT2D eigenvalue weighted by Crippen LogP contribution is 2.28. The normalized spacial score (nSPS) is 12.1. The Morgan fingerprint density at radius 2 is 2.00 bits per heavy atom. The van der Waals surface area contributed by atoms with Gasteiger partial charge in [0.15, 0.2) is 0 Å². The molecule has 1 heterocycles. The predicted molar refractivity (Wildman–Crippen MR) is 101 cm³/mol. The zero-order valence-corrected chi connectivity index (χ0v) is 15.2. The number of fused-ring (bicyclic) bond motifs is 1. The van der Waals surface area contributed by atoms with E-state index in [4.69, 9.17) is 0 Å². The lowest BCUT2D eigenvalue weighted by Crippen LogP contribution is -2.22. The third kappa shape index (κ3) is 4.15. The van der Waals surface area contributed by atoms with Gasteiger partial charge in [-0.25, -0.2) is 4.98 Å². The van der Waals surface area contributed by atoms with Crippen LogP contribution in [0.25, 0.3) is 10.2 Å². The number of thiazole rings is 1. The number of carbonyl (C=O) groups excluding carboxylic acids is 1. The van der Waals surface area contributed by atoms with Crippen molar-refractivity contribution >= 4 is 50.6 Å². The number of rotatable bonds is 5. The number of thioether (sulfide) groups is 1. The number of hydrogen-bond donors (Lipinski definition) is 1. The number of aromatic nitrogens is 1. The van der Waals surface area contributed by atoms with Crippen molar-refractivity contribution in [2.75, 3.05) is 5.32 Å². The second kappa shape index (κ2) is 7.20. The van der Waals surface area contributed by atoms with Gasteiger partial charge in [0.05, 0.1) is 25.4 Å². The lowest BCUT2D eigenvalue weighted by atomic mass is 10.3. The van der Waals surface area contributed by atoms with E-state index in [0.717, 1.165) is 25.8 Å². The molecule has 0 spiro atoms. The van der Waals surface area contributed by atoms with Gasteiger partial charge in [0.2, 0.25) is 5.91 Å². The number of carbonyl (C=O) groups is 1. The SMILES string of the molecule is Cc1nc2ccc(NC(=O)[C@H](C)Sc3ccc([N+](=O)[O-])cc3)cc2s1. The first-order chi connectivity index (χ1) is 11.9. The van der Waals surface area contributed by atoms with Gasteiger partial charge in [0.1, 0.15) is 0 Å². The Morgan fingerprint density at radius 3 is 2.68 bits per heavy atom. The molecule has 1 amide bonds. The molecule has 1 aromatic heterocycles. The van der Waals surface area contributed by atoms with Crippen LogP contribution in [0.4, 0.5) is 11.4 Å². The Kier molecular flexibility index (Phi) is 5.00. The average molecular weight is 373 g/mol. The lowest BCUT2D eigenvalue weighted by Gasteiger charge is -2.12. The second-order valence-corrected chi connectivity index (χ2v) is 8.06. The molecule has 0 saturated heterocycles. The average Bonchev–Trinajstić information content (AvgIpc) is 2.94. The molecule has 25 heavy (non-hydrogen) atoms. The summed E-state index contributed by atoms with van der Waals surface area (Å²) in [4.78, 5) is 27.8. The highest BCUT2D eigenvalue weighted by molar-refractivity contribution is 8.00. The van der Waals surface area contributed by atoms with Crippen LogP contribution in [-0.2, 0) is 4.79 Å². The van der Waals surface area contributed by atoms with Crippen molar-refractivity contribution in [3.63, 3.8) is 0 Å². The standard InChI is InChI=1S/C17H15N3O3S2/c1-10(24-14-6-4-13(5-7-14)20(22)23)17(21)19-12-3-8-15-16(9-12)25-11(2)18-15/h3-10H,1-2H3,(H,19,21)/t10-/m0/s1. The fraction of sp³-hybridized carbons (Fsp3) is 0.176. The zero-order chi connectivity index (χ0) is 18.0. The predicted octanol–water partition coefficient (Wildman–Crippen LogP) is 4.63. The summed E-state index contributed by atoms with van der Waals surface area (Å²) in [5.41, 5.74) is 1.70. The molecule has 0 aliphatic carbocycles. The van der Waals surface area contributed by atoms with E-state index < -0.39 is 4.92 Å². The van der Waals surface area contributed by atoms with Crippen molar-refractivity contribution < 1.29 is 9.72 Å². The topological polar surface area (TPSA) is 85.1 Å². The molecule has 0 fully saturated rings. The molecule has 128 valence electrons. The van der Waals surface area contributed by atoms with E-state index in [0.29, 0.717) is 0 Å². The molecule has 0 saturated carbocycles. The Morgan fingerprint density at radius 1 is 1.28 bits per heavy atom. The molecule has 1 N–H and O–H groups in total. The van der Waals surface area contributed by atoms with Crippen LogP contribution in [-0.4, -0.2) is 21.1 Å². The number of non-ortho nitro benzene ring substituents is 1. The largest absolute Gasteiger partial charge is 0.325 e. The Balaban J connectivity index is 1.65. The Bertz CT molecular complexity index is 938. The van der Waals surface area contributed by atoms with Crippen molar-refractivity contribution in [1.29, 1.82) is 0 Å². The van der Waals surface area contributed by atoms with Crippen molar-refractivity contribution in [3.05, 3.63) is 57.6 Å². The number of nitro benzene ring substituents is 1. The first kappa shape index (κ1) is 17.4. The molecule has 3 aromatic rings. The summed E-state index contributed by atoms with van der Waals surface area (Å²) in [6, 6.07) is 11.8. The van der Waals surface area contributed by atoms with Gasteiger partial charge in [-0.3, -0.25) is 14.9 Å². The van der Waals surface area contributed by atoms with Gasteiger partial charge in [-0.05, 0) is 44.2 Å². The molecule has 1 atom stereocenters. The molecule has 0 unspecified atom stereocenters. The highest BCUT2D eigenvalue weighted by Gasteiger charge is 2.16. The molecular weight excluding hydrogens is 358 g/mol. The van der Waals surface area contributed by atoms with Crippen LogP contribution in [0.1, 0.15) is 11.9 Å². The first-order valence-electron chi connectivity index (χ1n) is 7.51. The summed E-state index contributed by atoms with van der Waals surface area (Å²) in [6.45, 7) is 3.75. The number of nitrogens with zero attached hydrogens (tertiary/aromatic N) is 2. The molecular formula is C17H15N3O3S2. The van der Waals surface area contributed by atoms with Gasteiger partial charge in [-0.1, -0.05) is 0 Å². The second-order valence-electron chi connectivity index (χ2n) is 5.42. The highest BCUT2D eigenvalue weighted by atomic mass is 32.2. The molecule has 8 heteroatoms. The van der Waals surface area contributed by atoms with E-state index in [2.05, 4.69) is 10.3 Å². The van der Waals surface area contributed by atoms with Gasteiger partial charge in [0, 0.05) is 22.7 Å². The minimum atomic E-state index is -0.443. The Hall–Kier alpha value is -2.45. The molecule has 2 aromatic carbocycles. The van der Waals surface area contributed by atoms with Crippen LogP contribution in [0, 0.1) is 17.0 Å². The van der Waals surface area contributed by atoms with E-state index in [1.54, 1.807) is 30.4 Å². The summed E-state index contributed by atoms with van der Waals surface area (Å²) < 4.78 is 1.03. The molecule has 0 bridgehead atoms. The van der Waals surface area contributed by atoms with Crippen LogP contribution in [0.2, 0.25) is 0 Å². The van der Waals surface area contributed by atoms with E-state index >= 15 is 0 Å². The smallest absolute Gasteiger partial charge is 0.269 e. The first-order valence-corrected chi connectivity index (χ1v) is 9.21. The van der Waals surface area contributed by atoms with Crippen LogP contribution in [0.15, 0.2) is 47.4 Å². The van der Waals surface area contributed by atoms with Gasteiger partial charge in [-0.15, -0.1) is 23.1 Å². The third-order valence-corrected chi connectivity index (χ3v) is 5.54. The van der Waals surface area contributed by atoms with E-state index in [-0.39, 0.29) is 16.8 Å². The van der Waals surface area contributed by atoms with Crippen molar-refractivity contribution in [2.24, 2.45) is 0 Å². The summed E-state index contributed by atoms with van der Waals surface area (Å²) in [5, 5.41) is 14.2. The maximum Gasteiger partial charge on any atom is 0.269 e. The number of amides is 1. The third-order valence-electron chi connectivity index (χ3n) is 3.49. The fourth-order valence-electron chi connectivity index (χ4n) is 2.27. The van der Waals surface area contributed by atoms with Crippen molar-refractivity contribution in [1.82, 2.24) is 4.98 Å². The monoisotopic (exact) mass is 373 g/mol. The van der Waals surface area contributed by atoms with Crippen LogP contribution in [0.3, 0.4) is 0 Å². The summed E-state index contributed by atoms with van der Waals surface area (Å²) >= 11 is 2.94. The maximum absolute atomic E-state index is 12.4. The van der Waals surface area contributed by atoms with Crippen LogP contribution < -0.4 is 5.32 Å². The van der Waals surface area contributed by atoms with Gasteiger partial charge < -0.3 is 5.32 Å². The number of hydrogen-bond acceptors (Lipinski definition) is 6. The van der Waals surface area contributed by atoms with Gasteiger partial charge in [0.25, 0.3) is 5.69 Å². The van der Waals surface area contributed by atoms with Crippen molar-refractivity contribution in [3.8, 4) is 0 Å². The quantitative estimate of drug-likeness (QED) is 0.400. The van der Waals surface area contributed by atoms with Crippen molar-refractivity contribution in [2.45, 2.75) is 24.0 Å². The molecule has 6 nitrogen and oxygen atoms in total. The van der Waals surface area contributed by atoms with E-state index in [1.165, 1.54) is 23.9 Å². The van der Waals surface area contributed by atoms with Crippen LogP contribution in [0.5, 0.6) is 0 Å². The summed E-state index contributed by atoms with van der Waals surface area (Å²) in [5.74, 6) is -0.121. The lowest BCUT2D eigenvalue weighted by molar-refractivity contribution is -0.384. The maximum atomic E-state index is 12.4. The fourth-order valence-corrected chi connectivity index (χ4v) is 4.00. The summed E-state index contributed by atoms with van der Waals surface area (Å²) in [6.07, 6.45) is 0. The zero-order valence-electron chi connectivity index (χ0n) is 13.6. The van der Waals surface area contributed by atoms with Crippen LogP contribution >= 0.6 is 23.1 Å². The minimum Gasteiger partial charge on any atom is -0.325 e. The van der Waals surface area contributed by atoms with E-state index in [1.807, 2.05) is 25.1 Å². The number of nitrogens with one attached hydrogen (secondary N) is 1. The summed E-state index contributed by atoms with van der Waals surface area (Å²) in [7, 11) is 0. The molecule has 0 aliphatic heterocycles. The molecule has 0 aliphatic rings. The minimum absolute atomic E-state index is 0.0367. The Labute approximate surface area is 152 Å². The van der Waals surface area contributed by atoms with Gasteiger partial charge in [-0.2, -0.15) is 0 Å². The van der Waals surface area contributed by atoms with E-state index in [9.17, 15) is 14.9 Å². The van der Waals surface area contributed by atoms with Gasteiger partial charge >= 0.3 is 0 Å². The molecule has 3 rings (SSSR count). The number of nitro groups is 1.